The molecule has 0 heterocycles. The van der Waals surface area contributed by atoms with Crippen LogP contribution in [0, 0.1) is 10.1 Å². The third-order valence-corrected chi connectivity index (χ3v) is 3.34. The molecule has 0 spiro atoms. The molecule has 1 aromatic carbocycles. The molecule has 1 rings (SSSR count). The number of benzene rings is 1. The van der Waals surface area contributed by atoms with E-state index in [9.17, 15) is 19.7 Å². The van der Waals surface area contributed by atoms with Gasteiger partial charge in [-0.1, -0.05) is 26.2 Å². The lowest BCUT2D eigenvalue weighted by Crippen LogP contribution is -2.11. The van der Waals surface area contributed by atoms with Crippen LogP contribution in [0.4, 0.5) is 5.69 Å². The Labute approximate surface area is 141 Å². The number of hydrogen-bond acceptors (Lipinski definition) is 6. The molecular formula is C17H23NO6. The fraction of sp³-hybridized carbons (Fsp3) is 0.529. The van der Waals surface area contributed by atoms with Gasteiger partial charge in [0.25, 0.3) is 5.69 Å². The summed E-state index contributed by atoms with van der Waals surface area (Å²) < 4.78 is 10.0. The minimum absolute atomic E-state index is 0.00707. The number of carbonyl (C=O) groups is 2. The van der Waals surface area contributed by atoms with Gasteiger partial charge in [-0.2, -0.15) is 0 Å². The summed E-state index contributed by atoms with van der Waals surface area (Å²) in [5.41, 5.74) is 0.624. The number of carbonyl (C=O) groups excluding carboxylic acids is 2. The predicted molar refractivity (Wildman–Crippen MR) is 87.2 cm³/mol. The lowest BCUT2D eigenvalue weighted by atomic mass is 10.2. The number of ether oxygens (including phenoxy) is 2. The Kier molecular flexibility index (Phi) is 9.11. The highest BCUT2D eigenvalue weighted by molar-refractivity contribution is 5.77. The van der Waals surface area contributed by atoms with E-state index in [2.05, 4.69) is 6.92 Å². The van der Waals surface area contributed by atoms with Crippen LogP contribution in [-0.2, 0) is 25.7 Å². The fourth-order valence-electron chi connectivity index (χ4n) is 1.94. The molecule has 7 nitrogen and oxygen atoms in total. The van der Waals surface area contributed by atoms with Gasteiger partial charge in [-0.05, 0) is 24.1 Å². The van der Waals surface area contributed by atoms with Crippen LogP contribution < -0.4 is 0 Å². The average Bonchev–Trinajstić information content (AvgIpc) is 2.58. The molecule has 0 saturated heterocycles. The number of esters is 2. The van der Waals surface area contributed by atoms with Crippen LogP contribution in [0.3, 0.4) is 0 Å². The number of unbranched alkanes of at least 4 members (excludes halogenated alkanes) is 3. The first-order valence-electron chi connectivity index (χ1n) is 8.07. The van der Waals surface area contributed by atoms with Crippen LogP contribution in [0.25, 0.3) is 0 Å². The van der Waals surface area contributed by atoms with E-state index in [1.165, 1.54) is 24.3 Å². The Morgan fingerprint density at radius 3 is 2.21 bits per heavy atom. The van der Waals surface area contributed by atoms with Gasteiger partial charge in [-0.15, -0.1) is 0 Å². The monoisotopic (exact) mass is 337 g/mol. The molecule has 0 radical (unpaired) electrons. The largest absolute Gasteiger partial charge is 0.466 e. The van der Waals surface area contributed by atoms with E-state index >= 15 is 0 Å². The fourth-order valence-corrected chi connectivity index (χ4v) is 1.94. The number of nitro groups is 1. The lowest BCUT2D eigenvalue weighted by Gasteiger charge is -2.06. The topological polar surface area (TPSA) is 95.7 Å². The minimum Gasteiger partial charge on any atom is -0.466 e. The summed E-state index contributed by atoms with van der Waals surface area (Å²) in [5, 5.41) is 10.5. The van der Waals surface area contributed by atoms with Gasteiger partial charge in [0.15, 0.2) is 0 Å². The molecule has 1 aromatic rings. The van der Waals surface area contributed by atoms with E-state index in [4.69, 9.17) is 9.47 Å². The van der Waals surface area contributed by atoms with Crippen molar-refractivity contribution in [3.63, 3.8) is 0 Å². The molecule has 0 saturated carbocycles. The van der Waals surface area contributed by atoms with E-state index in [1.54, 1.807) is 0 Å². The predicted octanol–water partition coefficient (Wildman–Crippen LogP) is 3.54. The Balaban J connectivity index is 2.17. The number of rotatable bonds is 11. The number of nitrogens with zero attached hydrogens (tertiary/aromatic N) is 1. The second kappa shape index (κ2) is 11.2. The van der Waals surface area contributed by atoms with Crippen LogP contribution in [0.1, 0.15) is 51.0 Å². The average molecular weight is 337 g/mol. The zero-order valence-corrected chi connectivity index (χ0v) is 13.9. The van der Waals surface area contributed by atoms with E-state index in [-0.39, 0.29) is 25.1 Å². The van der Waals surface area contributed by atoms with Crippen LogP contribution in [-0.4, -0.2) is 23.5 Å². The van der Waals surface area contributed by atoms with Crippen molar-refractivity contribution < 1.29 is 24.0 Å². The normalized spacial score (nSPS) is 10.2. The molecule has 0 amide bonds. The highest BCUT2D eigenvalue weighted by Gasteiger charge is 2.10. The molecule has 0 aliphatic carbocycles. The molecule has 0 atom stereocenters. The summed E-state index contributed by atoms with van der Waals surface area (Å²) >= 11 is 0. The van der Waals surface area contributed by atoms with Crippen molar-refractivity contribution in [2.45, 2.75) is 52.1 Å². The standard InChI is InChI=1S/C17H23NO6/c1-2-3-4-5-12-23-16(19)10-11-17(20)24-13-14-6-8-15(9-7-14)18(21)22/h6-9H,2-5,10-13H2,1H3. The highest BCUT2D eigenvalue weighted by atomic mass is 16.6. The van der Waals surface area contributed by atoms with E-state index in [0.29, 0.717) is 12.2 Å². The highest BCUT2D eigenvalue weighted by Crippen LogP contribution is 2.13. The third kappa shape index (κ3) is 8.26. The second-order valence-electron chi connectivity index (χ2n) is 5.37. The van der Waals surface area contributed by atoms with Crippen molar-refractivity contribution >= 4 is 17.6 Å². The van der Waals surface area contributed by atoms with Gasteiger partial charge in [0.05, 0.1) is 24.4 Å². The number of nitro benzene ring substituents is 1. The summed E-state index contributed by atoms with van der Waals surface area (Å²) in [4.78, 5) is 33.1. The summed E-state index contributed by atoms with van der Waals surface area (Å²) in [6, 6.07) is 5.74. The Morgan fingerprint density at radius 2 is 1.62 bits per heavy atom. The Hall–Kier alpha value is -2.44. The van der Waals surface area contributed by atoms with Crippen LogP contribution in [0.5, 0.6) is 0 Å². The maximum absolute atomic E-state index is 11.6. The number of hydrogen-bond donors (Lipinski definition) is 0. The Bertz CT molecular complexity index is 541. The number of non-ortho nitro benzene ring substituents is 1. The van der Waals surface area contributed by atoms with Crippen molar-refractivity contribution in [3.8, 4) is 0 Å². The molecule has 7 heteroatoms. The van der Waals surface area contributed by atoms with Gasteiger partial charge in [-0.3, -0.25) is 19.7 Å². The molecule has 0 bridgehead atoms. The third-order valence-electron chi connectivity index (χ3n) is 3.34. The summed E-state index contributed by atoms with van der Waals surface area (Å²) in [6.45, 7) is 2.51. The van der Waals surface area contributed by atoms with Gasteiger partial charge in [0.1, 0.15) is 6.61 Å². The van der Waals surface area contributed by atoms with Crippen molar-refractivity contribution in [1.82, 2.24) is 0 Å². The molecular weight excluding hydrogens is 314 g/mol. The van der Waals surface area contributed by atoms with Gasteiger partial charge in [0, 0.05) is 12.1 Å². The molecule has 0 aliphatic heterocycles. The Morgan fingerprint density at radius 1 is 1.00 bits per heavy atom. The molecule has 0 fully saturated rings. The van der Waals surface area contributed by atoms with Crippen molar-refractivity contribution in [2.75, 3.05) is 6.61 Å². The first kappa shape index (κ1) is 19.6. The SMILES string of the molecule is CCCCCCOC(=O)CCC(=O)OCc1ccc([N+](=O)[O-])cc1. The molecule has 0 unspecified atom stereocenters. The quantitative estimate of drug-likeness (QED) is 0.265. The first-order valence-corrected chi connectivity index (χ1v) is 8.07. The van der Waals surface area contributed by atoms with Crippen LogP contribution >= 0.6 is 0 Å². The van der Waals surface area contributed by atoms with Crippen LogP contribution in [0.2, 0.25) is 0 Å². The van der Waals surface area contributed by atoms with E-state index < -0.39 is 16.9 Å². The van der Waals surface area contributed by atoms with Crippen LogP contribution in [0.15, 0.2) is 24.3 Å². The smallest absolute Gasteiger partial charge is 0.306 e. The molecule has 132 valence electrons. The van der Waals surface area contributed by atoms with Crippen molar-refractivity contribution in [2.24, 2.45) is 0 Å². The maximum Gasteiger partial charge on any atom is 0.306 e. The molecule has 0 aliphatic rings. The van der Waals surface area contributed by atoms with Gasteiger partial charge >= 0.3 is 11.9 Å². The lowest BCUT2D eigenvalue weighted by molar-refractivity contribution is -0.384. The zero-order chi connectivity index (χ0) is 17.8. The van der Waals surface area contributed by atoms with Crippen molar-refractivity contribution in [1.29, 1.82) is 0 Å². The first-order chi connectivity index (χ1) is 11.5. The van der Waals surface area contributed by atoms with Crippen molar-refractivity contribution in [3.05, 3.63) is 39.9 Å². The van der Waals surface area contributed by atoms with E-state index in [0.717, 1.165) is 25.7 Å². The van der Waals surface area contributed by atoms with Gasteiger partial charge in [0.2, 0.25) is 0 Å². The second-order valence-corrected chi connectivity index (χ2v) is 5.37. The molecule has 0 N–H and O–H groups in total. The van der Waals surface area contributed by atoms with E-state index in [1.807, 2.05) is 0 Å². The minimum atomic E-state index is -0.503. The maximum atomic E-state index is 11.6. The van der Waals surface area contributed by atoms with Gasteiger partial charge < -0.3 is 9.47 Å². The summed E-state index contributed by atoms with van der Waals surface area (Å²) in [6.07, 6.45) is 4.06. The molecule has 24 heavy (non-hydrogen) atoms. The van der Waals surface area contributed by atoms with Gasteiger partial charge in [-0.25, -0.2) is 0 Å². The molecule has 0 aromatic heterocycles. The summed E-state index contributed by atoms with van der Waals surface area (Å²) in [7, 11) is 0. The summed E-state index contributed by atoms with van der Waals surface area (Å²) in [5.74, 6) is -0.907. The zero-order valence-electron chi connectivity index (χ0n) is 13.9.